The molecule has 98 valence electrons. The second-order valence-corrected chi connectivity index (χ2v) is 4.77. The lowest BCUT2D eigenvalue weighted by Crippen LogP contribution is -2.29. The molecule has 2 N–H and O–H groups in total. The highest BCUT2D eigenvalue weighted by atomic mass is 16.2. The van der Waals surface area contributed by atoms with Crippen molar-refractivity contribution in [2.75, 3.05) is 27.2 Å². The largest absolute Gasteiger partial charge is 0.342 e. The molecule has 0 saturated carbocycles. The third kappa shape index (κ3) is 2.89. The second kappa shape index (κ2) is 5.98. The van der Waals surface area contributed by atoms with Gasteiger partial charge in [0, 0.05) is 32.2 Å². The zero-order chi connectivity index (χ0) is 13.0. The van der Waals surface area contributed by atoms with E-state index in [9.17, 15) is 4.79 Å². The van der Waals surface area contributed by atoms with Gasteiger partial charge in [-0.2, -0.15) is 0 Å². The average Bonchev–Trinajstić information content (AvgIpc) is 2.85. The SMILES string of the molecule is CNCCCN(C)C(=O)c1ccc2c(c1)CNC2. The molecule has 4 nitrogen and oxygen atoms in total. The molecule has 1 heterocycles. The fourth-order valence-corrected chi connectivity index (χ4v) is 2.24. The third-order valence-corrected chi connectivity index (χ3v) is 3.35. The number of hydrogen-bond donors (Lipinski definition) is 2. The molecule has 0 aliphatic carbocycles. The summed E-state index contributed by atoms with van der Waals surface area (Å²) in [6.45, 7) is 3.52. The number of rotatable bonds is 5. The van der Waals surface area contributed by atoms with Crippen molar-refractivity contribution in [3.05, 3.63) is 34.9 Å². The maximum atomic E-state index is 12.2. The van der Waals surface area contributed by atoms with E-state index in [0.29, 0.717) is 0 Å². The molecule has 0 bridgehead atoms. The molecule has 0 unspecified atom stereocenters. The zero-order valence-corrected chi connectivity index (χ0v) is 11.1. The van der Waals surface area contributed by atoms with Gasteiger partial charge in [-0.05, 0) is 43.3 Å². The molecule has 1 aromatic rings. The highest BCUT2D eigenvalue weighted by molar-refractivity contribution is 5.94. The number of benzene rings is 1. The minimum Gasteiger partial charge on any atom is -0.342 e. The summed E-state index contributed by atoms with van der Waals surface area (Å²) in [4.78, 5) is 14.0. The van der Waals surface area contributed by atoms with Crippen LogP contribution in [0.3, 0.4) is 0 Å². The lowest BCUT2D eigenvalue weighted by Gasteiger charge is -2.17. The van der Waals surface area contributed by atoms with Crippen LogP contribution in [0.15, 0.2) is 18.2 Å². The van der Waals surface area contributed by atoms with Crippen LogP contribution < -0.4 is 10.6 Å². The molecule has 0 aromatic heterocycles. The first kappa shape index (κ1) is 13.1. The van der Waals surface area contributed by atoms with Gasteiger partial charge in [0.1, 0.15) is 0 Å². The number of carbonyl (C=O) groups is 1. The number of fused-ring (bicyclic) bond motifs is 1. The van der Waals surface area contributed by atoms with E-state index >= 15 is 0 Å². The summed E-state index contributed by atoms with van der Waals surface area (Å²) in [5.41, 5.74) is 3.36. The Morgan fingerprint density at radius 3 is 2.94 bits per heavy atom. The van der Waals surface area contributed by atoms with Crippen LogP contribution in [0.2, 0.25) is 0 Å². The normalized spacial score (nSPS) is 13.4. The van der Waals surface area contributed by atoms with Crippen molar-refractivity contribution < 1.29 is 4.79 Å². The maximum Gasteiger partial charge on any atom is 0.253 e. The second-order valence-electron chi connectivity index (χ2n) is 4.77. The number of amides is 1. The predicted molar refractivity (Wildman–Crippen MR) is 72.5 cm³/mol. The first-order valence-corrected chi connectivity index (χ1v) is 6.45. The van der Waals surface area contributed by atoms with Gasteiger partial charge in [-0.25, -0.2) is 0 Å². The number of nitrogens with one attached hydrogen (secondary N) is 2. The van der Waals surface area contributed by atoms with Crippen LogP contribution >= 0.6 is 0 Å². The van der Waals surface area contributed by atoms with Crippen molar-refractivity contribution in [1.82, 2.24) is 15.5 Å². The summed E-state index contributed by atoms with van der Waals surface area (Å²) < 4.78 is 0. The van der Waals surface area contributed by atoms with Gasteiger partial charge in [0.25, 0.3) is 5.91 Å². The molecule has 0 fully saturated rings. The Morgan fingerprint density at radius 2 is 2.17 bits per heavy atom. The third-order valence-electron chi connectivity index (χ3n) is 3.35. The topological polar surface area (TPSA) is 44.4 Å². The Hall–Kier alpha value is -1.39. The lowest BCUT2D eigenvalue weighted by molar-refractivity contribution is 0.0793. The van der Waals surface area contributed by atoms with Crippen molar-refractivity contribution in [2.24, 2.45) is 0 Å². The molecule has 1 amide bonds. The van der Waals surface area contributed by atoms with E-state index in [1.807, 2.05) is 26.2 Å². The van der Waals surface area contributed by atoms with E-state index in [2.05, 4.69) is 16.7 Å². The first-order valence-electron chi connectivity index (χ1n) is 6.45. The lowest BCUT2D eigenvalue weighted by atomic mass is 10.1. The van der Waals surface area contributed by atoms with Gasteiger partial charge in [-0.1, -0.05) is 6.07 Å². The fraction of sp³-hybridized carbons (Fsp3) is 0.500. The summed E-state index contributed by atoms with van der Waals surface area (Å²) in [7, 11) is 3.79. The van der Waals surface area contributed by atoms with Gasteiger partial charge in [0.2, 0.25) is 0 Å². The highest BCUT2D eigenvalue weighted by Crippen LogP contribution is 2.17. The summed E-state index contributed by atoms with van der Waals surface area (Å²) >= 11 is 0. The minimum atomic E-state index is 0.112. The van der Waals surface area contributed by atoms with Crippen molar-refractivity contribution in [2.45, 2.75) is 19.5 Å². The molecule has 1 aliphatic rings. The van der Waals surface area contributed by atoms with Crippen molar-refractivity contribution in [3.63, 3.8) is 0 Å². The van der Waals surface area contributed by atoms with E-state index in [1.165, 1.54) is 11.1 Å². The van der Waals surface area contributed by atoms with Gasteiger partial charge in [-0.3, -0.25) is 4.79 Å². The Kier molecular flexibility index (Phi) is 4.33. The molecule has 1 aromatic carbocycles. The van der Waals surface area contributed by atoms with Crippen molar-refractivity contribution >= 4 is 5.91 Å². The average molecular weight is 247 g/mol. The van der Waals surface area contributed by atoms with E-state index in [4.69, 9.17) is 0 Å². The molecular weight excluding hydrogens is 226 g/mol. The van der Waals surface area contributed by atoms with E-state index in [0.717, 1.165) is 38.2 Å². The Labute approximate surface area is 108 Å². The Balaban J connectivity index is 2.00. The van der Waals surface area contributed by atoms with Crippen LogP contribution in [0.5, 0.6) is 0 Å². The van der Waals surface area contributed by atoms with Crippen LogP contribution in [0.1, 0.15) is 27.9 Å². The summed E-state index contributed by atoms with van der Waals surface area (Å²) in [6.07, 6.45) is 0.977. The van der Waals surface area contributed by atoms with Crippen LogP contribution in [0.25, 0.3) is 0 Å². The van der Waals surface area contributed by atoms with Crippen LogP contribution in [0, 0.1) is 0 Å². The quantitative estimate of drug-likeness (QED) is 0.762. The summed E-state index contributed by atoms with van der Waals surface area (Å²) in [6, 6.07) is 6.01. The summed E-state index contributed by atoms with van der Waals surface area (Å²) in [5.74, 6) is 0.112. The van der Waals surface area contributed by atoms with Crippen LogP contribution in [-0.2, 0) is 13.1 Å². The molecule has 2 rings (SSSR count). The highest BCUT2D eigenvalue weighted by Gasteiger charge is 2.15. The molecular formula is C14H21N3O. The molecule has 1 aliphatic heterocycles. The Bertz CT molecular complexity index is 431. The van der Waals surface area contributed by atoms with E-state index in [1.54, 1.807) is 4.90 Å². The maximum absolute atomic E-state index is 12.2. The zero-order valence-electron chi connectivity index (χ0n) is 11.1. The van der Waals surface area contributed by atoms with Crippen molar-refractivity contribution in [3.8, 4) is 0 Å². The number of nitrogens with zero attached hydrogens (tertiary/aromatic N) is 1. The number of hydrogen-bond acceptors (Lipinski definition) is 3. The van der Waals surface area contributed by atoms with Crippen LogP contribution in [0.4, 0.5) is 0 Å². The minimum absolute atomic E-state index is 0.112. The first-order chi connectivity index (χ1) is 8.72. The Morgan fingerprint density at radius 1 is 1.39 bits per heavy atom. The molecule has 0 saturated heterocycles. The van der Waals surface area contributed by atoms with Crippen molar-refractivity contribution in [1.29, 1.82) is 0 Å². The van der Waals surface area contributed by atoms with E-state index < -0.39 is 0 Å². The van der Waals surface area contributed by atoms with Gasteiger partial charge in [-0.15, -0.1) is 0 Å². The number of carbonyl (C=O) groups excluding carboxylic acids is 1. The monoisotopic (exact) mass is 247 g/mol. The molecule has 4 heteroatoms. The smallest absolute Gasteiger partial charge is 0.253 e. The predicted octanol–water partition coefficient (Wildman–Crippen LogP) is 0.971. The van der Waals surface area contributed by atoms with Gasteiger partial charge in [0.15, 0.2) is 0 Å². The molecule has 18 heavy (non-hydrogen) atoms. The molecule has 0 spiro atoms. The standard InChI is InChI=1S/C14H21N3O/c1-15-6-3-7-17(2)14(18)11-4-5-12-9-16-10-13(12)8-11/h4-5,8,15-16H,3,6-7,9-10H2,1-2H3. The van der Waals surface area contributed by atoms with Gasteiger partial charge < -0.3 is 15.5 Å². The van der Waals surface area contributed by atoms with Gasteiger partial charge in [0.05, 0.1) is 0 Å². The molecule has 0 atom stereocenters. The summed E-state index contributed by atoms with van der Waals surface area (Å²) in [5, 5.41) is 6.38. The van der Waals surface area contributed by atoms with Crippen LogP contribution in [-0.4, -0.2) is 38.0 Å². The molecule has 0 radical (unpaired) electrons. The fourth-order valence-electron chi connectivity index (χ4n) is 2.24. The van der Waals surface area contributed by atoms with E-state index in [-0.39, 0.29) is 5.91 Å². The van der Waals surface area contributed by atoms with Gasteiger partial charge >= 0.3 is 0 Å².